The summed E-state index contributed by atoms with van der Waals surface area (Å²) in [7, 11) is 0. The van der Waals surface area contributed by atoms with Crippen molar-refractivity contribution >= 4 is 5.95 Å². The van der Waals surface area contributed by atoms with Gasteiger partial charge in [-0.3, -0.25) is 0 Å². The average Bonchev–Trinajstić information content (AvgIpc) is 2.77. The number of nitrogens with one attached hydrogen (secondary N) is 1. The Morgan fingerprint density at radius 1 is 1.10 bits per heavy atom. The molecule has 6 heteroatoms. The molecule has 1 fully saturated rings. The quantitative estimate of drug-likeness (QED) is 0.896. The summed E-state index contributed by atoms with van der Waals surface area (Å²) in [5.74, 6) is 2.01. The molecule has 0 radical (unpaired) electrons. The van der Waals surface area contributed by atoms with Crippen molar-refractivity contribution in [1.29, 1.82) is 0 Å². The van der Waals surface area contributed by atoms with Crippen LogP contribution < -0.4 is 15.0 Å². The first-order valence-corrected chi connectivity index (χ1v) is 7.06. The summed E-state index contributed by atoms with van der Waals surface area (Å²) < 4.78 is 5.61. The molecule has 1 aromatic heterocycles. The van der Waals surface area contributed by atoms with Gasteiger partial charge in [0, 0.05) is 25.7 Å². The highest BCUT2D eigenvalue weighted by Gasteiger charge is 2.12. The van der Waals surface area contributed by atoms with E-state index in [-0.39, 0.29) is 5.75 Å². The summed E-state index contributed by atoms with van der Waals surface area (Å²) in [5.41, 5.74) is 0. The Morgan fingerprint density at radius 2 is 1.95 bits per heavy atom. The molecule has 21 heavy (non-hydrogen) atoms. The normalized spacial score (nSPS) is 15.5. The highest BCUT2D eigenvalue weighted by molar-refractivity contribution is 5.36. The number of benzene rings is 1. The van der Waals surface area contributed by atoms with Gasteiger partial charge in [0.25, 0.3) is 0 Å². The molecule has 110 valence electrons. The van der Waals surface area contributed by atoms with Gasteiger partial charge in [-0.1, -0.05) is 6.07 Å². The number of anilines is 1. The summed E-state index contributed by atoms with van der Waals surface area (Å²) in [6.07, 6.45) is 4.40. The maximum Gasteiger partial charge on any atom is 0.225 e. The van der Waals surface area contributed by atoms with E-state index in [4.69, 9.17) is 4.74 Å². The van der Waals surface area contributed by atoms with Crippen molar-refractivity contribution in [2.45, 2.75) is 6.42 Å². The van der Waals surface area contributed by atoms with Crippen LogP contribution in [0.3, 0.4) is 0 Å². The van der Waals surface area contributed by atoms with Crippen LogP contribution in [0, 0.1) is 0 Å². The number of ether oxygens (including phenoxy) is 1. The van der Waals surface area contributed by atoms with Gasteiger partial charge in [0.1, 0.15) is 11.5 Å². The number of nitrogens with zero attached hydrogens (tertiary/aromatic N) is 3. The first kappa shape index (κ1) is 13.6. The van der Waals surface area contributed by atoms with Crippen LogP contribution in [0.15, 0.2) is 36.7 Å². The van der Waals surface area contributed by atoms with Crippen molar-refractivity contribution in [2.24, 2.45) is 0 Å². The summed E-state index contributed by atoms with van der Waals surface area (Å²) in [6.45, 7) is 3.85. The highest BCUT2D eigenvalue weighted by Crippen LogP contribution is 2.24. The molecule has 0 spiro atoms. The average molecular weight is 286 g/mol. The monoisotopic (exact) mass is 286 g/mol. The van der Waals surface area contributed by atoms with Crippen LogP contribution >= 0.6 is 0 Å². The second-order valence-corrected chi connectivity index (χ2v) is 4.91. The highest BCUT2D eigenvalue weighted by atomic mass is 16.5. The molecule has 1 saturated heterocycles. The number of hydrogen-bond acceptors (Lipinski definition) is 6. The fourth-order valence-electron chi connectivity index (χ4n) is 2.25. The first-order valence-electron chi connectivity index (χ1n) is 7.06. The van der Waals surface area contributed by atoms with E-state index in [0.717, 1.165) is 38.5 Å². The predicted molar refractivity (Wildman–Crippen MR) is 79.9 cm³/mol. The fraction of sp³-hybridized carbons (Fsp3) is 0.333. The molecule has 0 atom stereocenters. The first-order chi connectivity index (χ1) is 10.3. The molecule has 0 unspecified atom stereocenters. The molecule has 1 aromatic carbocycles. The number of aromatic nitrogens is 2. The van der Waals surface area contributed by atoms with Gasteiger partial charge in [0.2, 0.25) is 5.95 Å². The van der Waals surface area contributed by atoms with Crippen molar-refractivity contribution in [3.05, 3.63) is 36.7 Å². The van der Waals surface area contributed by atoms with Crippen molar-refractivity contribution in [2.75, 3.05) is 31.1 Å². The van der Waals surface area contributed by atoms with Crippen molar-refractivity contribution < 1.29 is 9.84 Å². The van der Waals surface area contributed by atoms with Crippen LogP contribution in [0.2, 0.25) is 0 Å². The van der Waals surface area contributed by atoms with Crippen molar-refractivity contribution in [1.82, 2.24) is 15.3 Å². The molecule has 0 amide bonds. The Balaban J connectivity index is 1.68. The second-order valence-electron chi connectivity index (χ2n) is 4.91. The van der Waals surface area contributed by atoms with E-state index in [1.807, 2.05) is 0 Å². The van der Waals surface area contributed by atoms with Crippen LogP contribution in [0.4, 0.5) is 5.95 Å². The molecule has 2 aromatic rings. The zero-order valence-electron chi connectivity index (χ0n) is 11.7. The summed E-state index contributed by atoms with van der Waals surface area (Å²) in [5, 5.41) is 12.8. The van der Waals surface area contributed by atoms with Crippen molar-refractivity contribution in [3.63, 3.8) is 0 Å². The van der Waals surface area contributed by atoms with E-state index < -0.39 is 0 Å². The van der Waals surface area contributed by atoms with E-state index in [9.17, 15) is 5.11 Å². The van der Waals surface area contributed by atoms with E-state index in [2.05, 4.69) is 20.2 Å². The van der Waals surface area contributed by atoms with Gasteiger partial charge < -0.3 is 20.1 Å². The third-order valence-electron chi connectivity index (χ3n) is 3.29. The predicted octanol–water partition coefficient (Wildman–Crippen LogP) is 1.77. The molecule has 0 bridgehead atoms. The topological polar surface area (TPSA) is 70.5 Å². The van der Waals surface area contributed by atoms with Gasteiger partial charge in [0.05, 0.1) is 12.4 Å². The summed E-state index contributed by atoms with van der Waals surface area (Å²) in [4.78, 5) is 10.9. The van der Waals surface area contributed by atoms with Crippen LogP contribution in [0.5, 0.6) is 17.2 Å². The lowest BCUT2D eigenvalue weighted by Crippen LogP contribution is -2.29. The molecule has 1 aliphatic rings. The number of rotatable bonds is 3. The Hall–Kier alpha value is -2.34. The number of phenols is 1. The number of phenolic OH excluding ortho intramolecular Hbond substituents is 1. The van der Waals surface area contributed by atoms with E-state index >= 15 is 0 Å². The SMILES string of the molecule is Oc1cccc(Oc2cnc(N3CCCNCC3)nc2)c1. The van der Waals surface area contributed by atoms with Gasteiger partial charge in [-0.15, -0.1) is 0 Å². The Bertz CT molecular complexity index is 580. The number of hydrogen-bond donors (Lipinski definition) is 2. The van der Waals surface area contributed by atoms with E-state index in [0.29, 0.717) is 11.5 Å². The molecule has 0 aliphatic carbocycles. The zero-order chi connectivity index (χ0) is 14.5. The number of aromatic hydroxyl groups is 1. The van der Waals surface area contributed by atoms with E-state index in [1.165, 1.54) is 0 Å². The minimum atomic E-state index is 0.169. The maximum atomic E-state index is 9.41. The minimum absolute atomic E-state index is 0.169. The molecule has 6 nitrogen and oxygen atoms in total. The lowest BCUT2D eigenvalue weighted by molar-refractivity contribution is 0.453. The van der Waals surface area contributed by atoms with Gasteiger partial charge in [-0.05, 0) is 25.1 Å². The molecule has 1 aliphatic heterocycles. The lowest BCUT2D eigenvalue weighted by Gasteiger charge is -2.19. The molecule has 3 rings (SSSR count). The van der Waals surface area contributed by atoms with Gasteiger partial charge >= 0.3 is 0 Å². The maximum absolute atomic E-state index is 9.41. The Morgan fingerprint density at radius 3 is 2.76 bits per heavy atom. The van der Waals surface area contributed by atoms with Crippen LogP contribution in [-0.4, -0.2) is 41.3 Å². The van der Waals surface area contributed by atoms with Crippen molar-refractivity contribution in [3.8, 4) is 17.2 Å². The van der Waals surface area contributed by atoms with E-state index in [1.54, 1.807) is 36.7 Å². The molecular weight excluding hydrogens is 268 g/mol. The largest absolute Gasteiger partial charge is 0.508 e. The zero-order valence-corrected chi connectivity index (χ0v) is 11.7. The third kappa shape index (κ3) is 3.61. The second kappa shape index (κ2) is 6.41. The Kier molecular flexibility index (Phi) is 4.16. The molecule has 2 N–H and O–H groups in total. The van der Waals surface area contributed by atoms with Crippen LogP contribution in [-0.2, 0) is 0 Å². The summed E-state index contributed by atoms with van der Waals surface area (Å²) >= 11 is 0. The van der Waals surface area contributed by atoms with Crippen LogP contribution in [0.25, 0.3) is 0 Å². The molecular formula is C15H18N4O2. The lowest BCUT2D eigenvalue weighted by atomic mass is 10.3. The molecule has 2 heterocycles. The third-order valence-corrected chi connectivity index (χ3v) is 3.29. The Labute approximate surface area is 123 Å². The summed E-state index contributed by atoms with van der Waals surface area (Å²) in [6, 6.07) is 6.65. The standard InChI is InChI=1S/C15H18N4O2/c20-12-3-1-4-13(9-12)21-14-10-17-15(18-11-14)19-7-2-5-16-6-8-19/h1,3-4,9-11,16,20H,2,5-8H2. The molecule has 0 saturated carbocycles. The van der Waals surface area contributed by atoms with Crippen LogP contribution in [0.1, 0.15) is 6.42 Å². The van der Waals surface area contributed by atoms with Gasteiger partial charge in [-0.25, -0.2) is 9.97 Å². The fourth-order valence-corrected chi connectivity index (χ4v) is 2.25. The van der Waals surface area contributed by atoms with Gasteiger partial charge in [0.15, 0.2) is 5.75 Å². The smallest absolute Gasteiger partial charge is 0.225 e. The van der Waals surface area contributed by atoms with Gasteiger partial charge in [-0.2, -0.15) is 0 Å². The minimum Gasteiger partial charge on any atom is -0.508 e.